The van der Waals surface area contributed by atoms with Crippen molar-refractivity contribution in [3.8, 4) is 0 Å². The van der Waals surface area contributed by atoms with Crippen LogP contribution in [0.5, 0.6) is 0 Å². The van der Waals surface area contributed by atoms with E-state index in [4.69, 9.17) is 0 Å². The lowest BCUT2D eigenvalue weighted by molar-refractivity contribution is 0.717. The number of nitrogens with one attached hydrogen (secondary N) is 1. The predicted octanol–water partition coefficient (Wildman–Crippen LogP) is 2.76. The van der Waals surface area contributed by atoms with Crippen molar-refractivity contribution in [3.63, 3.8) is 0 Å². The van der Waals surface area contributed by atoms with Crippen LogP contribution in [-0.2, 0) is 0 Å². The van der Waals surface area contributed by atoms with E-state index in [9.17, 15) is 0 Å². The van der Waals surface area contributed by atoms with Gasteiger partial charge in [-0.1, -0.05) is 6.92 Å². The van der Waals surface area contributed by atoms with Gasteiger partial charge >= 0.3 is 0 Å². The Balaban J connectivity index is 4.17. The first-order valence-corrected chi connectivity index (χ1v) is 5.06. The van der Waals surface area contributed by atoms with Crippen molar-refractivity contribution in [2.24, 2.45) is 4.99 Å². The third kappa shape index (κ3) is 6.38. The van der Waals surface area contributed by atoms with Crippen LogP contribution in [0.15, 0.2) is 16.8 Å². The zero-order chi connectivity index (χ0) is 10.3. The van der Waals surface area contributed by atoms with Gasteiger partial charge in [-0.15, -0.1) is 0 Å². The van der Waals surface area contributed by atoms with E-state index in [-0.39, 0.29) is 0 Å². The molecule has 0 aromatic carbocycles. The molecule has 0 rings (SSSR count). The Morgan fingerprint density at radius 2 is 2.00 bits per heavy atom. The van der Waals surface area contributed by atoms with Gasteiger partial charge in [0.25, 0.3) is 0 Å². The van der Waals surface area contributed by atoms with Gasteiger partial charge in [-0.2, -0.15) is 0 Å². The number of allylic oxidation sites excluding steroid dienone is 2. The smallest absolute Gasteiger partial charge is 0.0472 e. The van der Waals surface area contributed by atoms with Gasteiger partial charge in [0, 0.05) is 24.0 Å². The summed E-state index contributed by atoms with van der Waals surface area (Å²) < 4.78 is 0. The zero-order valence-corrected chi connectivity index (χ0v) is 9.52. The molecule has 13 heavy (non-hydrogen) atoms. The Kier molecular flexibility index (Phi) is 6.29. The van der Waals surface area contributed by atoms with Gasteiger partial charge in [-0.3, -0.25) is 4.99 Å². The highest BCUT2D eigenvalue weighted by Gasteiger charge is 1.94. The lowest BCUT2D eigenvalue weighted by Crippen LogP contribution is -2.11. The van der Waals surface area contributed by atoms with E-state index in [0.717, 1.165) is 18.7 Å². The monoisotopic (exact) mass is 182 g/mol. The van der Waals surface area contributed by atoms with Crippen LogP contribution in [0.2, 0.25) is 0 Å². The molecule has 0 aliphatic rings. The number of hydrogen-bond donors (Lipinski definition) is 1. The Labute approximate surface area is 82.1 Å². The molecule has 2 nitrogen and oxygen atoms in total. The van der Waals surface area contributed by atoms with Gasteiger partial charge in [0.15, 0.2) is 0 Å². The molecule has 1 N–H and O–H groups in total. The van der Waals surface area contributed by atoms with Crippen LogP contribution in [0.1, 0.15) is 41.0 Å². The molecule has 0 spiro atoms. The van der Waals surface area contributed by atoms with Gasteiger partial charge in [0.05, 0.1) is 0 Å². The van der Waals surface area contributed by atoms with Crippen molar-refractivity contribution in [1.29, 1.82) is 0 Å². The third-order valence-electron chi connectivity index (χ3n) is 1.90. The van der Waals surface area contributed by atoms with E-state index >= 15 is 0 Å². The highest BCUT2D eigenvalue weighted by Crippen LogP contribution is 1.97. The molecule has 1 atom stereocenters. The lowest BCUT2D eigenvalue weighted by atomic mass is 10.2. The first-order valence-electron chi connectivity index (χ1n) is 5.06. The molecule has 0 aliphatic carbocycles. The fourth-order valence-corrected chi connectivity index (χ4v) is 1.12. The summed E-state index contributed by atoms with van der Waals surface area (Å²) >= 11 is 0. The average molecular weight is 182 g/mol. The summed E-state index contributed by atoms with van der Waals surface area (Å²) in [7, 11) is 0. The molecule has 0 saturated carbocycles. The van der Waals surface area contributed by atoms with E-state index in [1.54, 1.807) is 0 Å². The van der Waals surface area contributed by atoms with E-state index in [1.165, 1.54) is 5.70 Å². The van der Waals surface area contributed by atoms with Crippen molar-refractivity contribution in [2.75, 3.05) is 6.54 Å². The molecule has 0 aromatic heterocycles. The van der Waals surface area contributed by atoms with Gasteiger partial charge in [-0.25, -0.2) is 0 Å². The normalized spacial score (nSPS) is 15.8. The van der Waals surface area contributed by atoms with Crippen LogP contribution < -0.4 is 5.32 Å². The maximum Gasteiger partial charge on any atom is 0.0472 e. The van der Waals surface area contributed by atoms with E-state index in [1.807, 2.05) is 6.92 Å². The molecule has 0 saturated heterocycles. The van der Waals surface area contributed by atoms with Crippen LogP contribution in [0.3, 0.4) is 0 Å². The fraction of sp³-hybridized carbons (Fsp3) is 0.727. The Bertz CT molecular complexity index is 192. The molecule has 2 heteroatoms. The van der Waals surface area contributed by atoms with E-state index < -0.39 is 0 Å². The minimum Gasteiger partial charge on any atom is -0.389 e. The second-order valence-electron chi connectivity index (χ2n) is 3.39. The molecule has 1 unspecified atom stereocenters. The first kappa shape index (κ1) is 12.2. The molecular formula is C11H22N2. The van der Waals surface area contributed by atoms with Crippen molar-refractivity contribution in [1.82, 2.24) is 5.32 Å². The van der Waals surface area contributed by atoms with Crippen LogP contribution >= 0.6 is 0 Å². The second kappa shape index (κ2) is 6.70. The highest BCUT2D eigenvalue weighted by molar-refractivity contribution is 5.93. The minimum atomic E-state index is 0.436. The first-order chi connectivity index (χ1) is 6.10. The largest absolute Gasteiger partial charge is 0.389 e. The topological polar surface area (TPSA) is 24.4 Å². The standard InChI is InChI=1S/C11H22N2/c1-6-9(3)13-11(5)8-10(4)12-7-2/h8-9,12H,6-7H2,1-5H3. The molecule has 0 amide bonds. The maximum atomic E-state index is 4.52. The summed E-state index contributed by atoms with van der Waals surface area (Å²) in [6.07, 6.45) is 3.20. The zero-order valence-electron chi connectivity index (χ0n) is 9.52. The number of aliphatic imine (C=N–C) groups is 1. The Morgan fingerprint density at radius 3 is 2.46 bits per heavy atom. The second-order valence-corrected chi connectivity index (χ2v) is 3.39. The van der Waals surface area contributed by atoms with Gasteiger partial charge in [0.1, 0.15) is 0 Å². The summed E-state index contributed by atoms with van der Waals surface area (Å²) in [5, 5.41) is 3.25. The van der Waals surface area contributed by atoms with Crippen molar-refractivity contribution in [2.45, 2.75) is 47.1 Å². The number of nitrogens with zero attached hydrogens (tertiary/aromatic N) is 1. The van der Waals surface area contributed by atoms with Crippen LogP contribution in [0.25, 0.3) is 0 Å². The van der Waals surface area contributed by atoms with Crippen LogP contribution in [0.4, 0.5) is 0 Å². The predicted molar refractivity (Wildman–Crippen MR) is 60.3 cm³/mol. The number of hydrogen-bond acceptors (Lipinski definition) is 2. The van der Waals surface area contributed by atoms with Crippen LogP contribution in [0, 0.1) is 0 Å². The third-order valence-corrected chi connectivity index (χ3v) is 1.90. The highest BCUT2D eigenvalue weighted by atomic mass is 14.9. The fourth-order valence-electron chi connectivity index (χ4n) is 1.12. The molecule has 0 aliphatic heterocycles. The summed E-state index contributed by atoms with van der Waals surface area (Å²) in [5.74, 6) is 0. The van der Waals surface area contributed by atoms with Gasteiger partial charge < -0.3 is 5.32 Å². The lowest BCUT2D eigenvalue weighted by Gasteiger charge is -2.05. The van der Waals surface area contributed by atoms with Crippen molar-refractivity contribution in [3.05, 3.63) is 11.8 Å². The van der Waals surface area contributed by atoms with E-state index in [2.05, 4.69) is 44.1 Å². The minimum absolute atomic E-state index is 0.436. The molecule has 76 valence electrons. The summed E-state index contributed by atoms with van der Waals surface area (Å²) in [6, 6.07) is 0.436. The summed E-state index contributed by atoms with van der Waals surface area (Å²) in [6.45, 7) is 11.5. The van der Waals surface area contributed by atoms with Crippen molar-refractivity contribution >= 4 is 5.71 Å². The summed E-state index contributed by atoms with van der Waals surface area (Å²) in [4.78, 5) is 4.52. The molecule has 0 radical (unpaired) electrons. The molecule has 0 aromatic rings. The van der Waals surface area contributed by atoms with Crippen molar-refractivity contribution < 1.29 is 0 Å². The van der Waals surface area contributed by atoms with Gasteiger partial charge in [-0.05, 0) is 40.2 Å². The molecule has 0 bridgehead atoms. The van der Waals surface area contributed by atoms with Crippen LogP contribution in [-0.4, -0.2) is 18.3 Å². The Hall–Kier alpha value is -0.790. The quantitative estimate of drug-likeness (QED) is 0.650. The van der Waals surface area contributed by atoms with E-state index in [0.29, 0.717) is 6.04 Å². The maximum absolute atomic E-state index is 4.52. The average Bonchev–Trinajstić information content (AvgIpc) is 2.04. The van der Waals surface area contributed by atoms with Gasteiger partial charge in [0.2, 0.25) is 0 Å². The number of rotatable bonds is 5. The summed E-state index contributed by atoms with van der Waals surface area (Å²) in [5.41, 5.74) is 2.29. The molecule has 0 fully saturated rings. The molecule has 0 heterocycles. The SMILES string of the molecule is CCNC(C)=CC(C)=NC(C)CC. The molecular weight excluding hydrogens is 160 g/mol. The Morgan fingerprint density at radius 1 is 1.38 bits per heavy atom.